The third-order valence-electron chi connectivity index (χ3n) is 1.25. The Morgan fingerprint density at radius 1 is 0.722 bits per heavy atom. The Morgan fingerprint density at radius 3 is 1.44 bits per heavy atom. The van der Waals surface area contributed by atoms with E-state index in [9.17, 15) is 9.59 Å². The van der Waals surface area contributed by atoms with Gasteiger partial charge < -0.3 is 18.9 Å². The second-order valence-electron chi connectivity index (χ2n) is 2.49. The van der Waals surface area contributed by atoms with Gasteiger partial charge in [0.05, 0.1) is 13.2 Å². The lowest BCUT2D eigenvalue weighted by atomic mass is 10.8. The first kappa shape index (κ1) is 16.4. The summed E-state index contributed by atoms with van der Waals surface area (Å²) in [6, 6.07) is 0. The predicted octanol–water partition coefficient (Wildman–Crippen LogP) is 0.364. The fourth-order valence-corrected chi connectivity index (χ4v) is 0.548. The maximum absolute atomic E-state index is 10.7. The standard InChI is InChI=1S/C8H14O10/c1-11-3-5-13-7(9)15-17-18-16-8(10)14-6-4-12-2/h3-6H2,1-2H3. The highest BCUT2D eigenvalue weighted by Crippen LogP contribution is 1.92. The van der Waals surface area contributed by atoms with Gasteiger partial charge in [0, 0.05) is 24.3 Å². The molecule has 0 atom stereocenters. The summed E-state index contributed by atoms with van der Waals surface area (Å²) in [5.41, 5.74) is 0. The lowest BCUT2D eigenvalue weighted by Crippen LogP contribution is -2.15. The zero-order valence-electron chi connectivity index (χ0n) is 9.91. The number of carbonyl (C=O) groups is 2. The fraction of sp³-hybridized carbons (Fsp3) is 0.750. The van der Waals surface area contributed by atoms with Gasteiger partial charge in [0.15, 0.2) is 0 Å². The summed E-state index contributed by atoms with van der Waals surface area (Å²) < 4.78 is 18.0. The van der Waals surface area contributed by atoms with E-state index in [4.69, 9.17) is 0 Å². The molecule has 0 N–H and O–H groups in total. The Hall–Kier alpha value is -1.62. The number of hydrogen-bond acceptors (Lipinski definition) is 10. The average molecular weight is 270 g/mol. The fourth-order valence-electron chi connectivity index (χ4n) is 0.548. The lowest BCUT2D eigenvalue weighted by Gasteiger charge is -2.03. The van der Waals surface area contributed by atoms with Crippen LogP contribution in [0.2, 0.25) is 0 Å². The lowest BCUT2D eigenvalue weighted by molar-refractivity contribution is -0.601. The van der Waals surface area contributed by atoms with E-state index in [1.54, 1.807) is 0 Å². The molecule has 0 aromatic carbocycles. The first-order valence-corrected chi connectivity index (χ1v) is 4.70. The summed E-state index contributed by atoms with van der Waals surface area (Å²) in [5.74, 6) is 0. The van der Waals surface area contributed by atoms with Gasteiger partial charge in [0.25, 0.3) is 0 Å². The van der Waals surface area contributed by atoms with E-state index < -0.39 is 12.3 Å². The van der Waals surface area contributed by atoms with Gasteiger partial charge in [-0.15, -0.1) is 0 Å². The summed E-state index contributed by atoms with van der Waals surface area (Å²) >= 11 is 0. The van der Waals surface area contributed by atoms with Gasteiger partial charge in [-0.05, 0) is 0 Å². The molecule has 10 nitrogen and oxygen atoms in total. The Morgan fingerprint density at radius 2 is 1.11 bits per heavy atom. The van der Waals surface area contributed by atoms with Crippen molar-refractivity contribution in [3.63, 3.8) is 0 Å². The van der Waals surface area contributed by atoms with Crippen LogP contribution in [-0.4, -0.2) is 53.0 Å². The van der Waals surface area contributed by atoms with E-state index >= 15 is 0 Å². The molecule has 0 radical (unpaired) electrons. The topological polar surface area (TPSA) is 108 Å². The van der Waals surface area contributed by atoms with Crippen molar-refractivity contribution in [2.24, 2.45) is 0 Å². The molecule has 106 valence electrons. The SMILES string of the molecule is COCCOC(=O)OOOOC(=O)OCCOC. The molecule has 10 heteroatoms. The van der Waals surface area contributed by atoms with Crippen LogP contribution in [0.4, 0.5) is 9.59 Å². The monoisotopic (exact) mass is 270 g/mol. The Kier molecular flexibility index (Phi) is 10.8. The third-order valence-corrected chi connectivity index (χ3v) is 1.25. The van der Waals surface area contributed by atoms with Crippen LogP contribution in [0.5, 0.6) is 0 Å². The molecule has 0 heterocycles. The average Bonchev–Trinajstić information content (AvgIpc) is 2.35. The number of ether oxygens (including phenoxy) is 4. The van der Waals surface area contributed by atoms with E-state index in [2.05, 4.69) is 38.8 Å². The molecular weight excluding hydrogens is 256 g/mol. The molecule has 18 heavy (non-hydrogen) atoms. The van der Waals surface area contributed by atoms with Crippen LogP contribution in [0.3, 0.4) is 0 Å². The van der Waals surface area contributed by atoms with Crippen LogP contribution in [-0.2, 0) is 38.8 Å². The minimum Gasteiger partial charge on any atom is -0.430 e. The van der Waals surface area contributed by atoms with Crippen LogP contribution in [0.15, 0.2) is 0 Å². The van der Waals surface area contributed by atoms with Gasteiger partial charge in [-0.2, -0.15) is 0 Å². The first-order chi connectivity index (χ1) is 8.70. The van der Waals surface area contributed by atoms with Gasteiger partial charge in [0.1, 0.15) is 13.2 Å². The van der Waals surface area contributed by atoms with Crippen molar-refractivity contribution in [1.82, 2.24) is 0 Å². The summed E-state index contributed by atoms with van der Waals surface area (Å²) in [7, 11) is 2.86. The van der Waals surface area contributed by atoms with Crippen LogP contribution >= 0.6 is 0 Å². The zero-order chi connectivity index (χ0) is 13.6. The minimum atomic E-state index is -1.19. The van der Waals surface area contributed by atoms with Crippen molar-refractivity contribution < 1.29 is 48.4 Å². The van der Waals surface area contributed by atoms with Crippen LogP contribution in [0, 0.1) is 0 Å². The van der Waals surface area contributed by atoms with Crippen molar-refractivity contribution in [2.75, 3.05) is 40.6 Å². The summed E-state index contributed by atoms with van der Waals surface area (Å²) in [6.07, 6.45) is -2.38. The summed E-state index contributed by atoms with van der Waals surface area (Å²) in [4.78, 5) is 29.1. The quantitative estimate of drug-likeness (QED) is 0.252. The van der Waals surface area contributed by atoms with Crippen molar-refractivity contribution in [3.8, 4) is 0 Å². The highest BCUT2D eigenvalue weighted by atomic mass is 17.7. The van der Waals surface area contributed by atoms with Crippen molar-refractivity contribution in [1.29, 1.82) is 0 Å². The highest BCUT2D eigenvalue weighted by molar-refractivity contribution is 5.59. The number of hydrogen-bond donors (Lipinski definition) is 0. The highest BCUT2D eigenvalue weighted by Gasteiger charge is 2.09. The van der Waals surface area contributed by atoms with Gasteiger partial charge in [0.2, 0.25) is 0 Å². The zero-order valence-corrected chi connectivity index (χ0v) is 9.91. The van der Waals surface area contributed by atoms with Crippen LogP contribution in [0.1, 0.15) is 0 Å². The van der Waals surface area contributed by atoms with Gasteiger partial charge in [-0.25, -0.2) is 19.4 Å². The van der Waals surface area contributed by atoms with Crippen LogP contribution < -0.4 is 0 Å². The third kappa shape index (κ3) is 10.9. The van der Waals surface area contributed by atoms with E-state index in [1.807, 2.05) is 0 Å². The Bertz CT molecular complexity index is 206. The largest absolute Gasteiger partial charge is 0.542 e. The number of carbonyl (C=O) groups excluding carboxylic acids is 2. The molecule has 0 aromatic heterocycles. The smallest absolute Gasteiger partial charge is 0.430 e. The Balaban J connectivity index is 3.32. The minimum absolute atomic E-state index is 0.0292. The molecule has 0 amide bonds. The maximum atomic E-state index is 10.7. The van der Waals surface area contributed by atoms with E-state index in [0.717, 1.165) is 0 Å². The molecule has 0 aliphatic rings. The number of rotatable bonds is 9. The molecule has 0 bridgehead atoms. The van der Waals surface area contributed by atoms with Crippen molar-refractivity contribution in [3.05, 3.63) is 0 Å². The summed E-state index contributed by atoms with van der Waals surface area (Å²) in [6.45, 7) is 0.327. The normalized spacial score (nSPS) is 9.67. The molecule has 0 fully saturated rings. The predicted molar refractivity (Wildman–Crippen MR) is 50.8 cm³/mol. The molecular formula is C8H14O10. The maximum Gasteiger partial charge on any atom is 0.542 e. The molecule has 0 spiro atoms. The molecule has 0 saturated heterocycles. The Labute approximate surface area is 102 Å². The second-order valence-corrected chi connectivity index (χ2v) is 2.49. The van der Waals surface area contributed by atoms with E-state index in [1.165, 1.54) is 14.2 Å². The van der Waals surface area contributed by atoms with Gasteiger partial charge in [-0.1, -0.05) is 0 Å². The molecule has 0 rings (SSSR count). The van der Waals surface area contributed by atoms with Gasteiger partial charge in [-0.3, -0.25) is 0 Å². The van der Waals surface area contributed by atoms with Crippen molar-refractivity contribution in [2.45, 2.75) is 0 Å². The molecule has 0 aromatic rings. The second kappa shape index (κ2) is 11.9. The number of methoxy groups -OCH3 is 2. The van der Waals surface area contributed by atoms with Crippen molar-refractivity contribution >= 4 is 12.3 Å². The first-order valence-electron chi connectivity index (χ1n) is 4.70. The molecule has 0 aliphatic carbocycles. The van der Waals surface area contributed by atoms with E-state index in [-0.39, 0.29) is 26.4 Å². The molecule has 0 aliphatic heterocycles. The van der Waals surface area contributed by atoms with Crippen LogP contribution in [0.25, 0.3) is 0 Å². The molecule has 0 saturated carbocycles. The molecule has 0 unspecified atom stereocenters. The van der Waals surface area contributed by atoms with Gasteiger partial charge >= 0.3 is 12.3 Å². The van der Waals surface area contributed by atoms with E-state index in [0.29, 0.717) is 0 Å². The summed E-state index contributed by atoms with van der Waals surface area (Å²) in [5, 5.41) is 7.47.